The number of hydrogen-bond donors (Lipinski definition) is 2. The van der Waals surface area contributed by atoms with Gasteiger partial charge in [0.15, 0.2) is 5.78 Å². The van der Waals surface area contributed by atoms with Crippen molar-refractivity contribution in [3.8, 4) is 0 Å². The summed E-state index contributed by atoms with van der Waals surface area (Å²) in [6, 6.07) is -0.404. The van der Waals surface area contributed by atoms with Gasteiger partial charge >= 0.3 is 0 Å². The number of nitrogens with one attached hydrogen (secondary N) is 1. The SMILES string of the molecule is CC(=O)C(NC(=O)CN1CCOC(CN)C1)C(C)C. The summed E-state index contributed by atoms with van der Waals surface area (Å²) in [5, 5.41) is 2.79. The van der Waals surface area contributed by atoms with E-state index in [1.807, 2.05) is 18.7 Å². The van der Waals surface area contributed by atoms with Crippen molar-refractivity contribution in [2.75, 3.05) is 32.8 Å². The van der Waals surface area contributed by atoms with Crippen molar-refractivity contribution < 1.29 is 14.3 Å². The fourth-order valence-electron chi connectivity index (χ4n) is 2.23. The fraction of sp³-hybridized carbons (Fsp3) is 0.846. The van der Waals surface area contributed by atoms with Gasteiger partial charge in [-0.05, 0) is 12.8 Å². The molecule has 1 aliphatic rings. The molecule has 6 nitrogen and oxygen atoms in total. The van der Waals surface area contributed by atoms with E-state index in [-0.39, 0.29) is 30.3 Å². The molecule has 6 heteroatoms. The van der Waals surface area contributed by atoms with E-state index in [1.54, 1.807) is 0 Å². The van der Waals surface area contributed by atoms with E-state index < -0.39 is 6.04 Å². The van der Waals surface area contributed by atoms with E-state index in [9.17, 15) is 9.59 Å². The van der Waals surface area contributed by atoms with Gasteiger partial charge in [0, 0.05) is 19.6 Å². The van der Waals surface area contributed by atoms with Crippen molar-refractivity contribution in [1.29, 1.82) is 0 Å². The number of nitrogens with two attached hydrogens (primary N) is 1. The summed E-state index contributed by atoms with van der Waals surface area (Å²) in [5.74, 6) is -0.0281. The highest BCUT2D eigenvalue weighted by atomic mass is 16.5. The summed E-state index contributed by atoms with van der Waals surface area (Å²) in [6.45, 7) is 8.07. The summed E-state index contributed by atoms with van der Waals surface area (Å²) < 4.78 is 5.44. The van der Waals surface area contributed by atoms with E-state index >= 15 is 0 Å². The monoisotopic (exact) mass is 271 g/mol. The van der Waals surface area contributed by atoms with Crippen LogP contribution >= 0.6 is 0 Å². The Morgan fingerprint density at radius 3 is 2.68 bits per heavy atom. The van der Waals surface area contributed by atoms with Crippen LogP contribution in [0, 0.1) is 5.92 Å². The normalized spacial score (nSPS) is 22.3. The van der Waals surface area contributed by atoms with Gasteiger partial charge in [0.25, 0.3) is 0 Å². The predicted octanol–water partition coefficient (Wildman–Crippen LogP) is -0.624. The standard InChI is InChI=1S/C13H25N3O3/c1-9(2)13(10(3)17)15-12(18)8-16-4-5-19-11(6-14)7-16/h9,11,13H,4-8,14H2,1-3H3,(H,15,18). The summed E-state index contributed by atoms with van der Waals surface area (Å²) in [4.78, 5) is 25.4. The lowest BCUT2D eigenvalue weighted by atomic mass is 10.0. The van der Waals surface area contributed by atoms with Crippen molar-refractivity contribution in [1.82, 2.24) is 10.2 Å². The summed E-state index contributed by atoms with van der Waals surface area (Å²) in [5.41, 5.74) is 5.56. The number of ether oxygens (including phenoxy) is 1. The minimum Gasteiger partial charge on any atom is -0.374 e. The minimum absolute atomic E-state index is 0.00440. The molecular formula is C13H25N3O3. The molecule has 0 bridgehead atoms. The molecule has 0 aromatic rings. The highest BCUT2D eigenvalue weighted by Gasteiger charge is 2.24. The first-order chi connectivity index (χ1) is 8.93. The molecule has 1 amide bonds. The fourth-order valence-corrected chi connectivity index (χ4v) is 2.23. The van der Waals surface area contributed by atoms with Gasteiger partial charge < -0.3 is 15.8 Å². The van der Waals surface area contributed by atoms with Gasteiger partial charge in [0.2, 0.25) is 5.91 Å². The lowest BCUT2D eigenvalue weighted by molar-refractivity contribution is -0.129. The number of ketones is 1. The molecule has 19 heavy (non-hydrogen) atoms. The van der Waals surface area contributed by atoms with E-state index in [0.29, 0.717) is 19.7 Å². The number of carbonyl (C=O) groups excluding carboxylic acids is 2. The molecule has 2 unspecified atom stereocenters. The Hall–Kier alpha value is -0.980. The first kappa shape index (κ1) is 16.1. The molecule has 0 aromatic heterocycles. The molecule has 110 valence electrons. The summed E-state index contributed by atoms with van der Waals surface area (Å²) >= 11 is 0. The molecule has 0 aromatic carbocycles. The third-order valence-corrected chi connectivity index (χ3v) is 3.27. The van der Waals surface area contributed by atoms with Gasteiger partial charge in [-0.25, -0.2) is 0 Å². The summed E-state index contributed by atoms with van der Waals surface area (Å²) in [6.07, 6.45) is -0.00440. The molecule has 3 N–H and O–H groups in total. The second-order valence-corrected chi connectivity index (χ2v) is 5.36. The topological polar surface area (TPSA) is 84.7 Å². The van der Waals surface area contributed by atoms with Gasteiger partial charge in [0.1, 0.15) is 0 Å². The average molecular weight is 271 g/mol. The molecule has 2 atom stereocenters. The average Bonchev–Trinajstić information content (AvgIpc) is 2.35. The Morgan fingerprint density at radius 2 is 2.16 bits per heavy atom. The molecule has 1 fully saturated rings. The van der Waals surface area contributed by atoms with Crippen molar-refractivity contribution in [2.24, 2.45) is 11.7 Å². The van der Waals surface area contributed by atoms with E-state index in [1.165, 1.54) is 6.92 Å². The van der Waals surface area contributed by atoms with Crippen LogP contribution in [0.4, 0.5) is 0 Å². The molecule has 0 saturated carbocycles. The quantitative estimate of drug-likeness (QED) is 0.672. The van der Waals surface area contributed by atoms with Crippen molar-refractivity contribution in [2.45, 2.75) is 32.9 Å². The molecule has 0 radical (unpaired) electrons. The first-order valence-corrected chi connectivity index (χ1v) is 6.77. The zero-order chi connectivity index (χ0) is 14.4. The number of hydrogen-bond acceptors (Lipinski definition) is 5. The first-order valence-electron chi connectivity index (χ1n) is 6.77. The molecule has 1 aliphatic heterocycles. The number of Topliss-reactive ketones (excluding diaryl/α,β-unsaturated/α-hetero) is 1. The lowest BCUT2D eigenvalue weighted by Gasteiger charge is -2.32. The lowest BCUT2D eigenvalue weighted by Crippen LogP contribution is -2.51. The maximum Gasteiger partial charge on any atom is 0.234 e. The Kier molecular flexibility index (Phi) is 6.41. The van der Waals surface area contributed by atoms with Crippen LogP contribution in [-0.2, 0) is 14.3 Å². The minimum atomic E-state index is -0.404. The van der Waals surface area contributed by atoms with E-state index in [4.69, 9.17) is 10.5 Å². The van der Waals surface area contributed by atoms with Crippen LogP contribution in [0.1, 0.15) is 20.8 Å². The molecule has 1 saturated heterocycles. The number of amides is 1. The summed E-state index contributed by atoms with van der Waals surface area (Å²) in [7, 11) is 0. The highest BCUT2D eigenvalue weighted by molar-refractivity contribution is 5.88. The van der Waals surface area contributed by atoms with Gasteiger partial charge in [0.05, 0.1) is 25.3 Å². The van der Waals surface area contributed by atoms with Crippen molar-refractivity contribution in [3.63, 3.8) is 0 Å². The Balaban J connectivity index is 2.43. The Bertz CT molecular complexity index is 320. The third-order valence-electron chi connectivity index (χ3n) is 3.27. The number of nitrogens with zero attached hydrogens (tertiary/aromatic N) is 1. The number of morpholine rings is 1. The Labute approximate surface area is 114 Å². The molecular weight excluding hydrogens is 246 g/mol. The maximum absolute atomic E-state index is 11.9. The largest absolute Gasteiger partial charge is 0.374 e. The van der Waals surface area contributed by atoms with Crippen LogP contribution in [0.3, 0.4) is 0 Å². The highest BCUT2D eigenvalue weighted by Crippen LogP contribution is 2.05. The second kappa shape index (κ2) is 7.57. The molecule has 0 aliphatic carbocycles. The number of carbonyl (C=O) groups is 2. The maximum atomic E-state index is 11.9. The van der Waals surface area contributed by atoms with Crippen LogP contribution < -0.4 is 11.1 Å². The number of rotatable bonds is 6. The Morgan fingerprint density at radius 1 is 1.47 bits per heavy atom. The van der Waals surface area contributed by atoms with Crippen LogP contribution in [0.15, 0.2) is 0 Å². The molecule has 1 heterocycles. The van der Waals surface area contributed by atoms with Crippen LogP contribution in [0.25, 0.3) is 0 Å². The van der Waals surface area contributed by atoms with Crippen LogP contribution in [-0.4, -0.2) is 61.5 Å². The molecule has 1 rings (SSSR count). The predicted molar refractivity (Wildman–Crippen MR) is 72.7 cm³/mol. The van der Waals surface area contributed by atoms with Gasteiger partial charge in [-0.1, -0.05) is 13.8 Å². The van der Waals surface area contributed by atoms with E-state index in [0.717, 1.165) is 6.54 Å². The van der Waals surface area contributed by atoms with Gasteiger partial charge in [-0.2, -0.15) is 0 Å². The second-order valence-electron chi connectivity index (χ2n) is 5.36. The zero-order valence-corrected chi connectivity index (χ0v) is 12.0. The van der Waals surface area contributed by atoms with Crippen LogP contribution in [0.2, 0.25) is 0 Å². The zero-order valence-electron chi connectivity index (χ0n) is 12.0. The smallest absolute Gasteiger partial charge is 0.234 e. The third kappa shape index (κ3) is 5.26. The van der Waals surface area contributed by atoms with E-state index in [2.05, 4.69) is 5.32 Å². The van der Waals surface area contributed by atoms with Crippen LogP contribution in [0.5, 0.6) is 0 Å². The van der Waals surface area contributed by atoms with Crippen molar-refractivity contribution in [3.05, 3.63) is 0 Å². The van der Waals surface area contributed by atoms with Gasteiger partial charge in [-0.3, -0.25) is 14.5 Å². The van der Waals surface area contributed by atoms with Gasteiger partial charge in [-0.15, -0.1) is 0 Å². The molecule has 0 spiro atoms. The van der Waals surface area contributed by atoms with Crippen molar-refractivity contribution >= 4 is 11.7 Å².